The van der Waals surface area contributed by atoms with Gasteiger partial charge in [-0.2, -0.15) is 0 Å². The van der Waals surface area contributed by atoms with Gasteiger partial charge in [-0.25, -0.2) is 4.79 Å². The van der Waals surface area contributed by atoms with Crippen LogP contribution in [0, 0.1) is 0 Å². The van der Waals surface area contributed by atoms with Crippen LogP contribution in [0.1, 0.15) is 61.6 Å². The van der Waals surface area contributed by atoms with Crippen molar-refractivity contribution in [1.29, 1.82) is 0 Å². The van der Waals surface area contributed by atoms with Gasteiger partial charge in [0.05, 0.1) is 24.2 Å². The third-order valence-corrected chi connectivity index (χ3v) is 9.23. The summed E-state index contributed by atoms with van der Waals surface area (Å²) in [5, 5.41) is 11.1. The van der Waals surface area contributed by atoms with Gasteiger partial charge >= 0.3 is 6.03 Å². The van der Waals surface area contributed by atoms with Crippen molar-refractivity contribution in [3.8, 4) is 0 Å². The first-order valence-electron chi connectivity index (χ1n) is 13.3. The number of urea groups is 1. The predicted molar refractivity (Wildman–Crippen MR) is 144 cm³/mol. The van der Waals surface area contributed by atoms with Crippen LogP contribution in [0.15, 0.2) is 59.6 Å². The van der Waals surface area contributed by atoms with Crippen LogP contribution in [-0.2, 0) is 18.6 Å². The van der Waals surface area contributed by atoms with Gasteiger partial charge in [-0.3, -0.25) is 9.89 Å². The number of aliphatic imine (C=N–C) groups is 1. The molecule has 2 aromatic rings. The van der Waals surface area contributed by atoms with Gasteiger partial charge in [0, 0.05) is 18.6 Å². The first kappa shape index (κ1) is 25.0. The molecule has 0 aromatic heterocycles. The summed E-state index contributed by atoms with van der Waals surface area (Å²) in [6.07, 6.45) is 6.42. The summed E-state index contributed by atoms with van der Waals surface area (Å²) in [7, 11) is 4.35. The molecule has 1 spiro atoms. The van der Waals surface area contributed by atoms with E-state index in [1.807, 2.05) is 17.0 Å². The Morgan fingerprint density at radius 2 is 1.58 bits per heavy atom. The lowest BCUT2D eigenvalue weighted by Gasteiger charge is -2.52. The number of hydrogen-bond acceptors (Lipinski definition) is 4. The summed E-state index contributed by atoms with van der Waals surface area (Å²) in [5.41, 5.74) is 2.57. The molecule has 1 heterocycles. The van der Waals surface area contributed by atoms with Gasteiger partial charge in [-0.05, 0) is 82.4 Å². The predicted octanol–water partition coefficient (Wildman–Crippen LogP) is 4.81. The van der Waals surface area contributed by atoms with Crippen molar-refractivity contribution in [3.63, 3.8) is 0 Å². The van der Waals surface area contributed by atoms with Crippen molar-refractivity contribution in [2.75, 3.05) is 27.2 Å². The Hall–Kier alpha value is -2.70. The second-order valence-corrected chi connectivity index (χ2v) is 11.5. The SMILES string of the molecule is C=NCc1ccccc1CN1C[C@]2(CC[C@](c3ccccc3)(N(C)C)CC2)N(CC2(O)CCC2)C1=O. The normalized spacial score (nSPS) is 27.5. The molecule has 2 aromatic carbocycles. The maximum Gasteiger partial charge on any atom is 0.321 e. The lowest BCUT2D eigenvalue weighted by molar-refractivity contribution is -0.0725. The molecule has 6 heteroatoms. The second kappa shape index (κ2) is 9.64. The van der Waals surface area contributed by atoms with Crippen LogP contribution in [0.5, 0.6) is 0 Å². The summed E-state index contributed by atoms with van der Waals surface area (Å²) in [6, 6.07) is 19.1. The molecule has 36 heavy (non-hydrogen) atoms. The van der Waals surface area contributed by atoms with Gasteiger partial charge in [0.25, 0.3) is 0 Å². The Morgan fingerprint density at radius 3 is 2.17 bits per heavy atom. The summed E-state index contributed by atoms with van der Waals surface area (Å²) in [5.74, 6) is 0. The smallest absolute Gasteiger partial charge is 0.321 e. The number of carbonyl (C=O) groups is 1. The molecule has 0 unspecified atom stereocenters. The van der Waals surface area contributed by atoms with Gasteiger partial charge in [0.2, 0.25) is 0 Å². The first-order chi connectivity index (χ1) is 17.3. The first-order valence-corrected chi connectivity index (χ1v) is 13.3. The maximum atomic E-state index is 13.9. The van der Waals surface area contributed by atoms with Crippen molar-refractivity contribution in [3.05, 3.63) is 71.3 Å². The minimum absolute atomic E-state index is 0.0375. The lowest BCUT2D eigenvalue weighted by Crippen LogP contribution is -2.59. The zero-order chi connectivity index (χ0) is 25.4. The third-order valence-electron chi connectivity index (χ3n) is 9.23. The average Bonchev–Trinajstić information content (AvgIpc) is 3.10. The molecule has 2 aliphatic carbocycles. The molecule has 3 fully saturated rings. The monoisotopic (exact) mass is 488 g/mol. The summed E-state index contributed by atoms with van der Waals surface area (Å²) in [4.78, 5) is 24.5. The van der Waals surface area contributed by atoms with Gasteiger partial charge in [0.1, 0.15) is 0 Å². The van der Waals surface area contributed by atoms with E-state index in [-0.39, 0.29) is 17.1 Å². The van der Waals surface area contributed by atoms with Gasteiger partial charge < -0.3 is 14.9 Å². The molecule has 2 saturated carbocycles. The molecule has 5 rings (SSSR count). The van der Waals surface area contributed by atoms with Crippen molar-refractivity contribution >= 4 is 12.7 Å². The topological polar surface area (TPSA) is 59.4 Å². The van der Waals surface area contributed by atoms with Crippen molar-refractivity contribution in [2.24, 2.45) is 4.99 Å². The number of rotatable bonds is 8. The van der Waals surface area contributed by atoms with E-state index in [1.165, 1.54) is 5.56 Å². The van der Waals surface area contributed by atoms with E-state index in [1.54, 1.807) is 0 Å². The Labute approximate surface area is 215 Å². The molecule has 1 N–H and O–H groups in total. The van der Waals surface area contributed by atoms with Crippen LogP contribution in [0.3, 0.4) is 0 Å². The summed E-state index contributed by atoms with van der Waals surface area (Å²) in [6.45, 7) is 5.93. The van der Waals surface area contributed by atoms with Crippen molar-refractivity contribution < 1.29 is 9.90 Å². The molecule has 2 amide bonds. The highest BCUT2D eigenvalue weighted by Gasteiger charge is 2.56. The van der Waals surface area contributed by atoms with Crippen LogP contribution < -0.4 is 0 Å². The highest BCUT2D eigenvalue weighted by molar-refractivity contribution is 5.78. The highest BCUT2D eigenvalue weighted by Crippen LogP contribution is 2.50. The Bertz CT molecular complexity index is 1090. The van der Waals surface area contributed by atoms with E-state index < -0.39 is 5.60 Å². The molecule has 0 radical (unpaired) electrons. The zero-order valence-corrected chi connectivity index (χ0v) is 21.8. The maximum absolute atomic E-state index is 13.9. The summed E-state index contributed by atoms with van der Waals surface area (Å²) >= 11 is 0. The number of nitrogens with zero attached hydrogens (tertiary/aromatic N) is 4. The second-order valence-electron chi connectivity index (χ2n) is 11.5. The van der Waals surface area contributed by atoms with E-state index >= 15 is 0 Å². The van der Waals surface area contributed by atoms with E-state index in [4.69, 9.17) is 0 Å². The molecule has 0 bridgehead atoms. The zero-order valence-electron chi connectivity index (χ0n) is 21.8. The van der Waals surface area contributed by atoms with E-state index in [0.29, 0.717) is 26.2 Å². The van der Waals surface area contributed by atoms with Crippen LogP contribution >= 0.6 is 0 Å². The highest BCUT2D eigenvalue weighted by atomic mass is 16.3. The minimum atomic E-state index is -0.737. The van der Waals surface area contributed by atoms with Crippen molar-refractivity contribution in [1.82, 2.24) is 14.7 Å². The molecule has 3 aliphatic rings. The van der Waals surface area contributed by atoms with Gasteiger partial charge in [-0.1, -0.05) is 54.6 Å². The van der Waals surface area contributed by atoms with E-state index in [2.05, 4.69) is 78.1 Å². The van der Waals surface area contributed by atoms with Crippen LogP contribution in [0.4, 0.5) is 4.79 Å². The largest absolute Gasteiger partial charge is 0.388 e. The van der Waals surface area contributed by atoms with Crippen LogP contribution in [0.25, 0.3) is 0 Å². The molecule has 6 nitrogen and oxygen atoms in total. The fourth-order valence-corrected chi connectivity index (χ4v) is 6.77. The Kier molecular flexibility index (Phi) is 6.69. The molecule has 1 aliphatic heterocycles. The fraction of sp³-hybridized carbons (Fsp3) is 0.533. The number of hydrogen-bond donors (Lipinski definition) is 1. The lowest BCUT2D eigenvalue weighted by atomic mass is 9.67. The van der Waals surface area contributed by atoms with E-state index in [0.717, 1.165) is 56.1 Å². The average molecular weight is 489 g/mol. The molecular formula is C30H40N4O2. The number of benzene rings is 2. The fourth-order valence-electron chi connectivity index (χ4n) is 6.77. The Balaban J connectivity index is 1.43. The number of aliphatic hydroxyl groups is 1. The van der Waals surface area contributed by atoms with Gasteiger partial charge in [-0.15, -0.1) is 0 Å². The summed E-state index contributed by atoms with van der Waals surface area (Å²) < 4.78 is 0. The van der Waals surface area contributed by atoms with Gasteiger partial charge in [0.15, 0.2) is 0 Å². The minimum Gasteiger partial charge on any atom is -0.388 e. The number of carbonyl (C=O) groups excluding carboxylic acids is 1. The number of β-amino-alcohol motifs (C(OH)–C–C–N with tert-alkyl or cyclic N) is 1. The van der Waals surface area contributed by atoms with Crippen molar-refractivity contribution in [2.45, 2.75) is 74.7 Å². The van der Waals surface area contributed by atoms with E-state index in [9.17, 15) is 9.90 Å². The quantitative estimate of drug-likeness (QED) is 0.543. The van der Waals surface area contributed by atoms with Crippen LogP contribution in [-0.4, -0.2) is 70.9 Å². The molecular weight excluding hydrogens is 448 g/mol. The number of amides is 2. The molecule has 0 atom stereocenters. The standard InChI is InChI=1S/C30H40N4O2/c1-31-20-24-10-7-8-11-25(24)21-33-22-28(34(27(33)35)23-29(36)14-9-15-29)16-18-30(19-17-28,32(2)3)26-12-5-4-6-13-26/h4-8,10-13,36H,1,9,14-23H2,2-3H3/t28-,30+. The molecule has 192 valence electrons. The third kappa shape index (κ3) is 4.35. The molecule has 1 saturated heterocycles. The Morgan fingerprint density at radius 1 is 0.944 bits per heavy atom. The van der Waals surface area contributed by atoms with Crippen LogP contribution in [0.2, 0.25) is 0 Å².